The molecule has 0 aromatic carbocycles. The topological polar surface area (TPSA) is 53.6 Å². The molecule has 0 aromatic rings. The van der Waals surface area contributed by atoms with E-state index in [0.717, 1.165) is 32.5 Å². The minimum absolute atomic E-state index is 0.177. The van der Waals surface area contributed by atoms with Crippen LogP contribution in [0, 0.1) is 0 Å². The van der Waals surface area contributed by atoms with Crippen LogP contribution in [0.5, 0.6) is 0 Å². The van der Waals surface area contributed by atoms with Crippen LogP contribution in [0.1, 0.15) is 59.8 Å². The van der Waals surface area contributed by atoms with E-state index in [4.69, 9.17) is 4.74 Å². The monoisotopic (exact) mass is 311 g/mol. The van der Waals surface area contributed by atoms with Crippen LogP contribution in [0.25, 0.3) is 0 Å². The molecule has 128 valence electrons. The fourth-order valence-corrected chi connectivity index (χ4v) is 3.46. The van der Waals surface area contributed by atoms with E-state index in [1.54, 1.807) is 0 Å². The van der Waals surface area contributed by atoms with Crippen LogP contribution < -0.4 is 10.6 Å². The van der Waals surface area contributed by atoms with Crippen LogP contribution >= 0.6 is 0 Å². The van der Waals surface area contributed by atoms with Gasteiger partial charge in [-0.15, -0.1) is 0 Å². The Hall–Kier alpha value is -0.810. The lowest BCUT2D eigenvalue weighted by Gasteiger charge is -2.36. The molecule has 2 aliphatic heterocycles. The second-order valence-corrected chi connectivity index (χ2v) is 7.86. The first kappa shape index (κ1) is 17.5. The van der Waals surface area contributed by atoms with Gasteiger partial charge in [-0.05, 0) is 66.3 Å². The number of hydrogen-bond acceptors (Lipinski definition) is 4. The molecule has 5 nitrogen and oxygen atoms in total. The van der Waals surface area contributed by atoms with Crippen LogP contribution in [0.3, 0.4) is 0 Å². The van der Waals surface area contributed by atoms with Crippen molar-refractivity contribution in [3.8, 4) is 0 Å². The normalized spacial score (nSPS) is 27.7. The molecule has 3 atom stereocenters. The highest BCUT2D eigenvalue weighted by atomic mass is 16.6. The minimum atomic E-state index is -0.418. The van der Waals surface area contributed by atoms with Gasteiger partial charge in [0.05, 0.1) is 0 Å². The van der Waals surface area contributed by atoms with Crippen molar-refractivity contribution in [2.75, 3.05) is 19.6 Å². The van der Waals surface area contributed by atoms with Crippen molar-refractivity contribution in [1.29, 1.82) is 0 Å². The molecule has 0 radical (unpaired) electrons. The number of nitrogens with one attached hydrogen (secondary N) is 2. The molecule has 0 spiro atoms. The Balaban J connectivity index is 1.76. The summed E-state index contributed by atoms with van der Waals surface area (Å²) in [5, 5.41) is 7.26. The van der Waals surface area contributed by atoms with Gasteiger partial charge in [0.25, 0.3) is 0 Å². The first-order valence-electron chi connectivity index (χ1n) is 8.81. The molecule has 0 aromatic heterocycles. The molecule has 3 unspecified atom stereocenters. The van der Waals surface area contributed by atoms with Gasteiger partial charge < -0.3 is 20.3 Å². The highest BCUT2D eigenvalue weighted by Crippen LogP contribution is 2.17. The van der Waals surface area contributed by atoms with Crippen molar-refractivity contribution < 1.29 is 9.53 Å². The smallest absolute Gasteiger partial charge is 0.410 e. The van der Waals surface area contributed by atoms with E-state index in [1.807, 2.05) is 25.7 Å². The van der Waals surface area contributed by atoms with Gasteiger partial charge in [-0.2, -0.15) is 0 Å². The summed E-state index contributed by atoms with van der Waals surface area (Å²) in [7, 11) is 0. The van der Waals surface area contributed by atoms with E-state index in [2.05, 4.69) is 17.6 Å². The van der Waals surface area contributed by atoms with Crippen LogP contribution in [0.4, 0.5) is 4.79 Å². The second kappa shape index (κ2) is 7.64. The molecular weight excluding hydrogens is 278 g/mol. The molecule has 1 amide bonds. The van der Waals surface area contributed by atoms with E-state index >= 15 is 0 Å². The Bertz CT molecular complexity index is 361. The van der Waals surface area contributed by atoms with Crippen LogP contribution in [-0.4, -0.2) is 54.4 Å². The first-order valence-corrected chi connectivity index (χ1v) is 8.81. The summed E-state index contributed by atoms with van der Waals surface area (Å²) >= 11 is 0. The maximum Gasteiger partial charge on any atom is 0.410 e. The van der Waals surface area contributed by atoms with Gasteiger partial charge in [-0.3, -0.25) is 0 Å². The molecule has 0 aliphatic carbocycles. The minimum Gasteiger partial charge on any atom is -0.444 e. The van der Waals surface area contributed by atoms with E-state index in [1.165, 1.54) is 19.3 Å². The zero-order chi connectivity index (χ0) is 16.2. The average Bonchev–Trinajstić information content (AvgIpc) is 2.89. The fraction of sp³-hybridized carbons (Fsp3) is 0.941. The summed E-state index contributed by atoms with van der Waals surface area (Å²) in [6.07, 6.45) is 5.77. The first-order chi connectivity index (χ1) is 10.3. The number of carbonyl (C=O) groups excluding carboxylic acids is 1. The van der Waals surface area contributed by atoms with Gasteiger partial charge in [-0.1, -0.05) is 0 Å². The predicted octanol–water partition coefficient (Wildman–Crippen LogP) is 2.51. The maximum atomic E-state index is 12.2. The van der Waals surface area contributed by atoms with E-state index < -0.39 is 5.60 Å². The zero-order valence-corrected chi connectivity index (χ0v) is 14.7. The number of ether oxygens (including phenoxy) is 1. The number of nitrogens with zero attached hydrogens (tertiary/aromatic N) is 1. The molecule has 2 saturated heterocycles. The van der Waals surface area contributed by atoms with Gasteiger partial charge in [0.1, 0.15) is 5.60 Å². The SMILES string of the molecule is CC(CC1CCCN1)NC1CCCN(C(=O)OC(C)(C)C)C1. The van der Waals surface area contributed by atoms with Crippen molar-refractivity contribution in [2.24, 2.45) is 0 Å². The van der Waals surface area contributed by atoms with Crippen molar-refractivity contribution in [1.82, 2.24) is 15.5 Å². The molecule has 2 N–H and O–H groups in total. The Kier molecular flexibility index (Phi) is 6.09. The number of amides is 1. The Morgan fingerprint density at radius 1 is 1.36 bits per heavy atom. The quantitative estimate of drug-likeness (QED) is 0.837. The number of likely N-dealkylation sites (tertiary alicyclic amines) is 1. The molecule has 2 fully saturated rings. The summed E-state index contributed by atoms with van der Waals surface area (Å²) in [5.74, 6) is 0. The Morgan fingerprint density at radius 2 is 2.14 bits per heavy atom. The lowest BCUT2D eigenvalue weighted by Crippen LogP contribution is -2.51. The van der Waals surface area contributed by atoms with Crippen molar-refractivity contribution in [3.63, 3.8) is 0 Å². The third-order valence-electron chi connectivity index (χ3n) is 4.39. The molecule has 0 saturated carbocycles. The summed E-state index contributed by atoms with van der Waals surface area (Å²) in [4.78, 5) is 14.0. The van der Waals surface area contributed by atoms with E-state index in [-0.39, 0.29) is 6.09 Å². The molecule has 2 heterocycles. The van der Waals surface area contributed by atoms with Crippen molar-refractivity contribution >= 4 is 6.09 Å². The predicted molar refractivity (Wildman–Crippen MR) is 89.1 cm³/mol. The van der Waals surface area contributed by atoms with Crippen molar-refractivity contribution in [3.05, 3.63) is 0 Å². The largest absolute Gasteiger partial charge is 0.444 e. The van der Waals surface area contributed by atoms with Gasteiger partial charge in [0.2, 0.25) is 0 Å². The highest BCUT2D eigenvalue weighted by Gasteiger charge is 2.28. The molecule has 2 aliphatic rings. The van der Waals surface area contributed by atoms with Gasteiger partial charge in [-0.25, -0.2) is 4.79 Å². The Morgan fingerprint density at radius 3 is 2.77 bits per heavy atom. The summed E-state index contributed by atoms with van der Waals surface area (Å²) < 4.78 is 5.49. The molecular formula is C17H33N3O2. The Labute approximate surface area is 135 Å². The lowest BCUT2D eigenvalue weighted by molar-refractivity contribution is 0.0183. The summed E-state index contributed by atoms with van der Waals surface area (Å²) in [6.45, 7) is 10.7. The van der Waals surface area contributed by atoms with Gasteiger partial charge in [0.15, 0.2) is 0 Å². The third kappa shape index (κ3) is 5.76. The number of carbonyl (C=O) groups is 1. The average molecular weight is 311 g/mol. The second-order valence-electron chi connectivity index (χ2n) is 7.86. The van der Waals surface area contributed by atoms with E-state index in [0.29, 0.717) is 18.1 Å². The molecule has 2 rings (SSSR count). The molecule has 5 heteroatoms. The van der Waals surface area contributed by atoms with Crippen LogP contribution in [0.2, 0.25) is 0 Å². The lowest BCUT2D eigenvalue weighted by atomic mass is 10.0. The number of piperidine rings is 1. The molecule has 0 bridgehead atoms. The van der Waals surface area contributed by atoms with Crippen LogP contribution in [0.15, 0.2) is 0 Å². The van der Waals surface area contributed by atoms with Gasteiger partial charge in [0, 0.05) is 31.2 Å². The number of hydrogen-bond donors (Lipinski definition) is 2. The molecule has 22 heavy (non-hydrogen) atoms. The maximum absolute atomic E-state index is 12.2. The van der Waals surface area contributed by atoms with E-state index in [9.17, 15) is 4.79 Å². The standard InChI is InChI=1S/C17H33N3O2/c1-13(11-14-7-5-9-18-14)19-15-8-6-10-20(12-15)16(21)22-17(2,3)4/h13-15,18-19H,5-12H2,1-4H3. The fourth-order valence-electron chi connectivity index (χ4n) is 3.46. The zero-order valence-electron chi connectivity index (χ0n) is 14.7. The highest BCUT2D eigenvalue weighted by molar-refractivity contribution is 5.68. The number of rotatable bonds is 4. The van der Waals surface area contributed by atoms with Crippen LogP contribution in [-0.2, 0) is 4.74 Å². The summed E-state index contributed by atoms with van der Waals surface area (Å²) in [6, 6.07) is 1.53. The summed E-state index contributed by atoms with van der Waals surface area (Å²) in [5.41, 5.74) is -0.418. The third-order valence-corrected chi connectivity index (χ3v) is 4.39. The van der Waals surface area contributed by atoms with Crippen molar-refractivity contribution in [2.45, 2.75) is 83.5 Å². The van der Waals surface area contributed by atoms with Gasteiger partial charge >= 0.3 is 6.09 Å².